The van der Waals surface area contributed by atoms with Gasteiger partial charge in [-0.25, -0.2) is 0 Å². The number of aliphatic carboxylic acids is 1. The normalized spacial score (nSPS) is 10.5. The fourth-order valence-corrected chi connectivity index (χ4v) is 1.72. The summed E-state index contributed by atoms with van der Waals surface area (Å²) in [6, 6.07) is 5.29. The Balaban J connectivity index is 2.76. The zero-order chi connectivity index (χ0) is 15.0. The standard InChI is InChI=1S/C15H19NO4/c1-11(17)16-8-4-3-5-12-9-14(20-2)7-6-13(12)10-15(18)19/h3,5-7,9H,4,8,10H2,1-2H3,(H,16,17)(H,18,19). The molecule has 1 aromatic rings. The van der Waals surface area contributed by atoms with Crippen LogP contribution in [0.15, 0.2) is 24.3 Å². The van der Waals surface area contributed by atoms with Crippen molar-refractivity contribution in [2.45, 2.75) is 19.8 Å². The summed E-state index contributed by atoms with van der Waals surface area (Å²) < 4.78 is 5.14. The number of benzene rings is 1. The molecule has 0 aliphatic rings. The highest BCUT2D eigenvalue weighted by Crippen LogP contribution is 2.20. The minimum Gasteiger partial charge on any atom is -0.497 e. The number of ether oxygens (including phenoxy) is 1. The molecule has 5 heteroatoms. The third-order valence-corrected chi connectivity index (χ3v) is 2.68. The number of methoxy groups -OCH3 is 1. The highest BCUT2D eigenvalue weighted by atomic mass is 16.5. The Bertz CT molecular complexity index is 509. The van der Waals surface area contributed by atoms with Crippen molar-refractivity contribution in [3.8, 4) is 5.75 Å². The predicted octanol–water partition coefficient (Wildman–Crippen LogP) is 1.86. The molecule has 0 saturated heterocycles. The van der Waals surface area contributed by atoms with Gasteiger partial charge in [0.2, 0.25) is 5.91 Å². The minimum absolute atomic E-state index is 0.0324. The van der Waals surface area contributed by atoms with E-state index in [1.807, 2.05) is 12.2 Å². The number of carbonyl (C=O) groups is 2. The van der Waals surface area contributed by atoms with Gasteiger partial charge in [0.25, 0.3) is 0 Å². The van der Waals surface area contributed by atoms with Gasteiger partial charge in [0.15, 0.2) is 0 Å². The average Bonchev–Trinajstić information content (AvgIpc) is 2.39. The number of carboxylic acids is 1. The van der Waals surface area contributed by atoms with Crippen LogP contribution in [-0.4, -0.2) is 30.6 Å². The lowest BCUT2D eigenvalue weighted by atomic mass is 10.0. The molecule has 0 bridgehead atoms. The molecule has 5 nitrogen and oxygen atoms in total. The maximum Gasteiger partial charge on any atom is 0.307 e. The summed E-state index contributed by atoms with van der Waals surface area (Å²) in [5.41, 5.74) is 1.55. The Morgan fingerprint density at radius 1 is 1.40 bits per heavy atom. The molecule has 0 spiro atoms. The molecule has 2 N–H and O–H groups in total. The first kappa shape index (κ1) is 15.8. The van der Waals surface area contributed by atoms with Crippen LogP contribution in [0.4, 0.5) is 0 Å². The second-order valence-corrected chi connectivity index (χ2v) is 4.31. The van der Waals surface area contributed by atoms with E-state index in [0.717, 1.165) is 11.1 Å². The van der Waals surface area contributed by atoms with Gasteiger partial charge in [-0.1, -0.05) is 18.2 Å². The lowest BCUT2D eigenvalue weighted by Gasteiger charge is -2.07. The summed E-state index contributed by atoms with van der Waals surface area (Å²) in [7, 11) is 1.57. The van der Waals surface area contributed by atoms with Gasteiger partial charge in [-0.05, 0) is 29.7 Å². The number of amides is 1. The molecule has 0 fully saturated rings. The molecule has 1 amide bonds. The number of hydrogen-bond acceptors (Lipinski definition) is 3. The SMILES string of the molecule is COc1ccc(CC(=O)O)c(C=CCCNC(C)=O)c1. The maximum absolute atomic E-state index is 10.8. The molecule has 0 saturated carbocycles. The molecule has 1 aromatic carbocycles. The van der Waals surface area contributed by atoms with Crippen molar-refractivity contribution in [3.05, 3.63) is 35.4 Å². The summed E-state index contributed by atoms with van der Waals surface area (Å²) in [5.74, 6) is -0.255. The van der Waals surface area contributed by atoms with E-state index >= 15 is 0 Å². The summed E-state index contributed by atoms with van der Waals surface area (Å²) in [6.45, 7) is 2.03. The molecule has 0 radical (unpaired) electrons. The summed E-state index contributed by atoms with van der Waals surface area (Å²) >= 11 is 0. The van der Waals surface area contributed by atoms with Crippen molar-refractivity contribution in [3.63, 3.8) is 0 Å². The largest absolute Gasteiger partial charge is 0.497 e. The van der Waals surface area contributed by atoms with Crippen LogP contribution < -0.4 is 10.1 Å². The van der Waals surface area contributed by atoms with E-state index in [1.54, 1.807) is 25.3 Å². The topological polar surface area (TPSA) is 75.6 Å². The van der Waals surface area contributed by atoms with E-state index in [4.69, 9.17) is 9.84 Å². The molecule has 0 heterocycles. The third-order valence-electron chi connectivity index (χ3n) is 2.68. The quantitative estimate of drug-likeness (QED) is 0.746. The Morgan fingerprint density at radius 3 is 2.75 bits per heavy atom. The highest BCUT2D eigenvalue weighted by Gasteiger charge is 2.06. The van der Waals surface area contributed by atoms with E-state index in [9.17, 15) is 9.59 Å². The van der Waals surface area contributed by atoms with Crippen LogP contribution in [0.5, 0.6) is 5.75 Å². The zero-order valence-corrected chi connectivity index (χ0v) is 11.7. The van der Waals surface area contributed by atoms with Crippen molar-refractivity contribution in [2.75, 3.05) is 13.7 Å². The van der Waals surface area contributed by atoms with Gasteiger partial charge in [-0.2, -0.15) is 0 Å². The second kappa shape index (κ2) is 7.99. The van der Waals surface area contributed by atoms with Gasteiger partial charge in [-0.3, -0.25) is 9.59 Å². The highest BCUT2D eigenvalue weighted by molar-refractivity contribution is 5.73. The number of nitrogens with one attached hydrogen (secondary N) is 1. The molecule has 1 rings (SSSR count). The molecule has 108 valence electrons. The minimum atomic E-state index is -0.872. The van der Waals surface area contributed by atoms with Crippen molar-refractivity contribution < 1.29 is 19.4 Å². The Hall–Kier alpha value is -2.30. The average molecular weight is 277 g/mol. The van der Waals surface area contributed by atoms with Crippen LogP contribution in [0, 0.1) is 0 Å². The first-order valence-corrected chi connectivity index (χ1v) is 6.32. The molecular weight excluding hydrogens is 258 g/mol. The summed E-state index contributed by atoms with van der Waals surface area (Å²) in [6.07, 6.45) is 4.40. The molecule has 0 aliphatic carbocycles. The lowest BCUT2D eigenvalue weighted by molar-refractivity contribution is -0.136. The first-order valence-electron chi connectivity index (χ1n) is 6.32. The second-order valence-electron chi connectivity index (χ2n) is 4.31. The first-order chi connectivity index (χ1) is 9.52. The van der Waals surface area contributed by atoms with Crippen LogP contribution >= 0.6 is 0 Å². The molecular formula is C15H19NO4. The van der Waals surface area contributed by atoms with Crippen LogP contribution in [0.3, 0.4) is 0 Å². The smallest absolute Gasteiger partial charge is 0.307 e. The molecule has 0 aliphatic heterocycles. The van der Waals surface area contributed by atoms with Crippen molar-refractivity contribution in [1.29, 1.82) is 0 Å². The van der Waals surface area contributed by atoms with Gasteiger partial charge < -0.3 is 15.2 Å². The van der Waals surface area contributed by atoms with Gasteiger partial charge >= 0.3 is 5.97 Å². The van der Waals surface area contributed by atoms with Crippen LogP contribution in [0.25, 0.3) is 6.08 Å². The van der Waals surface area contributed by atoms with Gasteiger partial charge in [0, 0.05) is 13.5 Å². The zero-order valence-electron chi connectivity index (χ0n) is 11.7. The molecule has 0 unspecified atom stereocenters. The monoisotopic (exact) mass is 277 g/mol. The summed E-state index contributed by atoms with van der Waals surface area (Å²) in [5, 5.41) is 11.6. The number of carbonyl (C=O) groups excluding carboxylic acids is 1. The van der Waals surface area contributed by atoms with Crippen molar-refractivity contribution >= 4 is 18.0 Å². The molecule has 0 aromatic heterocycles. The van der Waals surface area contributed by atoms with Crippen LogP contribution in [0.2, 0.25) is 0 Å². The number of rotatable bonds is 7. The van der Waals surface area contributed by atoms with Crippen molar-refractivity contribution in [2.24, 2.45) is 0 Å². The number of hydrogen-bond donors (Lipinski definition) is 2. The van der Waals surface area contributed by atoms with Crippen LogP contribution in [-0.2, 0) is 16.0 Å². The van der Waals surface area contributed by atoms with Gasteiger partial charge in [0.05, 0.1) is 13.5 Å². The fraction of sp³-hybridized carbons (Fsp3) is 0.333. The van der Waals surface area contributed by atoms with E-state index < -0.39 is 5.97 Å². The maximum atomic E-state index is 10.8. The summed E-state index contributed by atoms with van der Waals surface area (Å²) in [4.78, 5) is 21.5. The van der Waals surface area contributed by atoms with Crippen molar-refractivity contribution in [1.82, 2.24) is 5.32 Å². The van der Waals surface area contributed by atoms with E-state index in [-0.39, 0.29) is 12.3 Å². The third kappa shape index (κ3) is 5.56. The Labute approximate surface area is 118 Å². The van der Waals surface area contributed by atoms with E-state index in [2.05, 4.69) is 5.32 Å². The Kier molecular flexibility index (Phi) is 6.29. The molecule has 0 atom stereocenters. The van der Waals surface area contributed by atoms with E-state index in [1.165, 1.54) is 6.92 Å². The lowest BCUT2D eigenvalue weighted by Crippen LogP contribution is -2.20. The Morgan fingerprint density at radius 2 is 2.15 bits per heavy atom. The van der Waals surface area contributed by atoms with E-state index in [0.29, 0.717) is 18.7 Å². The predicted molar refractivity (Wildman–Crippen MR) is 76.7 cm³/mol. The van der Waals surface area contributed by atoms with Crippen LogP contribution in [0.1, 0.15) is 24.5 Å². The number of carboxylic acid groups (broad SMARTS) is 1. The van der Waals surface area contributed by atoms with Gasteiger partial charge in [-0.15, -0.1) is 0 Å². The van der Waals surface area contributed by atoms with Gasteiger partial charge in [0.1, 0.15) is 5.75 Å². The molecule has 20 heavy (non-hydrogen) atoms. The fourth-order valence-electron chi connectivity index (χ4n) is 1.72.